The molecule has 3 rings (SSSR count). The average molecular weight is 637 g/mol. The van der Waals surface area contributed by atoms with Gasteiger partial charge in [0.15, 0.2) is 0 Å². The Morgan fingerprint density at radius 1 is 0.929 bits per heavy atom. The number of nitrogens with one attached hydrogen (secondary N) is 1. The van der Waals surface area contributed by atoms with Crippen molar-refractivity contribution in [2.75, 3.05) is 31.6 Å². The van der Waals surface area contributed by atoms with Crippen LogP contribution in [0.15, 0.2) is 71.6 Å². The molecule has 0 fully saturated rings. The summed E-state index contributed by atoms with van der Waals surface area (Å²) in [6.07, 6.45) is 0.998. The molecule has 0 spiro atoms. The van der Waals surface area contributed by atoms with Gasteiger partial charge in [-0.25, -0.2) is 8.42 Å². The maximum atomic E-state index is 14.2. The minimum Gasteiger partial charge on any atom is -0.497 e. The van der Waals surface area contributed by atoms with Gasteiger partial charge in [0.2, 0.25) is 11.8 Å². The molecule has 2 amide bonds. The number of anilines is 1. The quantitative estimate of drug-likeness (QED) is 0.249. The largest absolute Gasteiger partial charge is 0.497 e. The Bertz CT molecular complexity index is 1490. The fraction of sp³-hybridized carbons (Fsp3) is 0.333. The van der Waals surface area contributed by atoms with Crippen LogP contribution in [0.3, 0.4) is 0 Å². The third kappa shape index (κ3) is 7.87. The van der Waals surface area contributed by atoms with E-state index in [2.05, 4.69) is 5.32 Å². The Labute approximate surface area is 257 Å². The normalized spacial score (nSPS) is 11.9. The lowest BCUT2D eigenvalue weighted by atomic mass is 10.1. The van der Waals surface area contributed by atoms with Gasteiger partial charge in [0.1, 0.15) is 24.1 Å². The third-order valence-corrected chi connectivity index (χ3v) is 9.05. The number of nitrogens with zero attached hydrogens (tertiary/aromatic N) is 2. The first-order valence-corrected chi connectivity index (χ1v) is 15.6. The molecule has 0 heterocycles. The van der Waals surface area contributed by atoms with Crippen LogP contribution in [0.5, 0.6) is 11.5 Å². The Morgan fingerprint density at radius 2 is 1.64 bits per heavy atom. The minimum absolute atomic E-state index is 0.0117. The Morgan fingerprint density at radius 3 is 2.24 bits per heavy atom. The lowest BCUT2D eigenvalue weighted by Gasteiger charge is -2.33. The molecule has 0 unspecified atom stereocenters. The molecule has 0 aromatic heterocycles. The van der Waals surface area contributed by atoms with Crippen molar-refractivity contribution in [1.29, 1.82) is 0 Å². The van der Waals surface area contributed by atoms with Gasteiger partial charge in [-0.05, 0) is 54.8 Å². The van der Waals surface area contributed by atoms with Gasteiger partial charge < -0.3 is 19.7 Å². The molecule has 0 saturated heterocycles. The summed E-state index contributed by atoms with van der Waals surface area (Å²) in [5.41, 5.74) is 0.725. The number of rotatable bonds is 14. The summed E-state index contributed by atoms with van der Waals surface area (Å²) in [4.78, 5) is 28.8. The zero-order valence-corrected chi connectivity index (χ0v) is 26.3. The molecule has 0 aliphatic carbocycles. The van der Waals surface area contributed by atoms with Crippen molar-refractivity contribution in [3.63, 3.8) is 0 Å². The van der Waals surface area contributed by atoms with Gasteiger partial charge in [0, 0.05) is 19.2 Å². The fourth-order valence-corrected chi connectivity index (χ4v) is 6.10. The van der Waals surface area contributed by atoms with Gasteiger partial charge in [-0.15, -0.1) is 0 Å². The Balaban J connectivity index is 2.14. The van der Waals surface area contributed by atoms with Crippen molar-refractivity contribution in [1.82, 2.24) is 10.2 Å². The van der Waals surface area contributed by atoms with Gasteiger partial charge in [0.25, 0.3) is 10.0 Å². The van der Waals surface area contributed by atoms with Crippen LogP contribution in [0.1, 0.15) is 32.3 Å². The number of ether oxygens (including phenoxy) is 2. The smallest absolute Gasteiger partial charge is 0.264 e. The number of carbonyl (C=O) groups is 2. The Kier molecular flexibility index (Phi) is 11.9. The van der Waals surface area contributed by atoms with Gasteiger partial charge in [-0.1, -0.05) is 61.3 Å². The molecule has 0 bridgehead atoms. The number of hydrogen-bond acceptors (Lipinski definition) is 6. The number of halogens is 2. The SMILES string of the molecule is CCCNC(=O)[C@H](CC)N(Cc1ccc(Cl)c(Cl)c1)C(=O)CN(c1cc(OC)ccc1OC)S(=O)(=O)c1ccccc1. The van der Waals surface area contributed by atoms with Crippen LogP contribution in [0.2, 0.25) is 10.0 Å². The van der Waals surface area contributed by atoms with Gasteiger partial charge in [-0.2, -0.15) is 0 Å². The number of methoxy groups -OCH3 is 2. The monoisotopic (exact) mass is 635 g/mol. The summed E-state index contributed by atoms with van der Waals surface area (Å²) < 4.78 is 39.9. The van der Waals surface area contributed by atoms with Gasteiger partial charge in [0.05, 0.1) is 34.8 Å². The lowest BCUT2D eigenvalue weighted by Crippen LogP contribution is -2.52. The average Bonchev–Trinajstić information content (AvgIpc) is 3.00. The van der Waals surface area contributed by atoms with E-state index in [-0.39, 0.29) is 35.2 Å². The molecule has 42 heavy (non-hydrogen) atoms. The highest BCUT2D eigenvalue weighted by Gasteiger charge is 2.35. The zero-order valence-electron chi connectivity index (χ0n) is 24.0. The van der Waals surface area contributed by atoms with Crippen LogP contribution in [0.4, 0.5) is 5.69 Å². The van der Waals surface area contributed by atoms with Crippen molar-refractivity contribution in [2.45, 2.75) is 44.2 Å². The van der Waals surface area contributed by atoms with E-state index < -0.39 is 28.5 Å². The van der Waals surface area contributed by atoms with Crippen molar-refractivity contribution >= 4 is 50.7 Å². The predicted molar refractivity (Wildman–Crippen MR) is 165 cm³/mol. The molecule has 1 N–H and O–H groups in total. The van der Waals surface area contributed by atoms with Crippen molar-refractivity contribution in [2.24, 2.45) is 0 Å². The van der Waals surface area contributed by atoms with Crippen LogP contribution in [-0.4, -0.2) is 58.5 Å². The zero-order chi connectivity index (χ0) is 30.9. The van der Waals surface area contributed by atoms with E-state index in [1.807, 2.05) is 6.92 Å². The standard InChI is InChI=1S/C30H35Cl2N3O6S/c1-5-16-33-30(37)26(6-2)34(19-21-12-14-24(31)25(32)17-21)29(36)20-35(42(38,39)23-10-8-7-9-11-23)27-18-22(40-3)13-15-28(27)41-4/h7-15,17-18,26H,5-6,16,19-20H2,1-4H3,(H,33,37)/t26-/m0/s1. The third-order valence-electron chi connectivity index (χ3n) is 6.54. The van der Waals surface area contributed by atoms with E-state index in [0.29, 0.717) is 34.3 Å². The maximum absolute atomic E-state index is 14.2. The summed E-state index contributed by atoms with van der Waals surface area (Å²) in [5, 5.41) is 3.49. The Hall–Kier alpha value is -3.47. The number of benzene rings is 3. The molecule has 1 atom stereocenters. The lowest BCUT2D eigenvalue weighted by molar-refractivity contribution is -0.140. The summed E-state index contributed by atoms with van der Waals surface area (Å²) >= 11 is 12.4. The van der Waals surface area contributed by atoms with Gasteiger partial charge >= 0.3 is 0 Å². The van der Waals surface area contributed by atoms with E-state index in [1.165, 1.54) is 37.3 Å². The van der Waals surface area contributed by atoms with E-state index in [1.54, 1.807) is 55.5 Å². The fourth-order valence-electron chi connectivity index (χ4n) is 4.34. The number of amides is 2. The molecule has 3 aromatic rings. The van der Waals surface area contributed by atoms with Crippen LogP contribution in [0, 0.1) is 0 Å². The second kappa shape index (κ2) is 15.1. The van der Waals surface area contributed by atoms with E-state index in [9.17, 15) is 18.0 Å². The summed E-state index contributed by atoms with van der Waals surface area (Å²) in [6.45, 7) is 3.50. The van der Waals surface area contributed by atoms with E-state index in [0.717, 1.165) is 4.31 Å². The second-order valence-corrected chi connectivity index (χ2v) is 12.0. The van der Waals surface area contributed by atoms with Gasteiger partial charge in [-0.3, -0.25) is 13.9 Å². The second-order valence-electron chi connectivity index (χ2n) is 9.35. The number of carbonyl (C=O) groups excluding carboxylic acids is 2. The highest BCUT2D eigenvalue weighted by atomic mass is 35.5. The summed E-state index contributed by atoms with van der Waals surface area (Å²) in [6, 6.07) is 16.5. The molecule has 0 radical (unpaired) electrons. The topological polar surface area (TPSA) is 105 Å². The molecule has 9 nitrogen and oxygen atoms in total. The van der Waals surface area contributed by atoms with Crippen LogP contribution in [-0.2, 0) is 26.2 Å². The predicted octanol–water partition coefficient (Wildman–Crippen LogP) is 5.54. The van der Waals surface area contributed by atoms with Crippen molar-refractivity contribution in [3.8, 4) is 11.5 Å². The molecule has 0 aliphatic heterocycles. The van der Waals surface area contributed by atoms with Crippen molar-refractivity contribution in [3.05, 3.63) is 82.3 Å². The molecule has 226 valence electrons. The molecule has 3 aromatic carbocycles. The minimum atomic E-state index is -4.28. The molecule has 0 saturated carbocycles. The van der Waals surface area contributed by atoms with E-state index >= 15 is 0 Å². The van der Waals surface area contributed by atoms with Crippen LogP contribution < -0.4 is 19.1 Å². The van der Waals surface area contributed by atoms with Crippen molar-refractivity contribution < 1.29 is 27.5 Å². The molecular weight excluding hydrogens is 601 g/mol. The molecule has 12 heteroatoms. The highest BCUT2D eigenvalue weighted by molar-refractivity contribution is 7.92. The number of hydrogen-bond donors (Lipinski definition) is 1. The summed E-state index contributed by atoms with van der Waals surface area (Å²) in [7, 11) is -1.43. The first-order chi connectivity index (χ1) is 20.1. The number of sulfonamides is 1. The first kappa shape index (κ1) is 33.0. The van der Waals surface area contributed by atoms with Crippen LogP contribution >= 0.6 is 23.2 Å². The van der Waals surface area contributed by atoms with E-state index in [4.69, 9.17) is 32.7 Å². The molecule has 0 aliphatic rings. The summed E-state index contributed by atoms with van der Waals surface area (Å²) in [5.74, 6) is -0.371. The first-order valence-electron chi connectivity index (χ1n) is 13.4. The maximum Gasteiger partial charge on any atom is 0.264 e. The van der Waals surface area contributed by atoms with Crippen LogP contribution in [0.25, 0.3) is 0 Å². The highest BCUT2D eigenvalue weighted by Crippen LogP contribution is 2.36. The molecular formula is C30H35Cl2N3O6S.